The Bertz CT molecular complexity index is 1210. The summed E-state index contributed by atoms with van der Waals surface area (Å²) in [4.78, 5) is 30.0. The van der Waals surface area contributed by atoms with E-state index >= 15 is 0 Å². The summed E-state index contributed by atoms with van der Waals surface area (Å²) >= 11 is 0. The van der Waals surface area contributed by atoms with E-state index in [1.165, 1.54) is 0 Å². The number of hydrogen-bond acceptors (Lipinski definition) is 5. The lowest BCUT2D eigenvalue weighted by atomic mass is 9.97. The summed E-state index contributed by atoms with van der Waals surface area (Å²) in [5, 5.41) is 0.555. The van der Waals surface area contributed by atoms with Crippen LogP contribution in [0.3, 0.4) is 0 Å². The standard InChI is InChI=1S/C23H26N3O3P/c1-5-29-23(28)19-12-26(16-6-7-16)20-14(3)17(8-9-18(20)21(19)27)15-10-13(2)22(24-11-15)25(4)30/h8-12,16H,5-7,30H2,1-4H3. The molecule has 0 bridgehead atoms. The maximum atomic E-state index is 13.1. The lowest BCUT2D eigenvalue weighted by Crippen LogP contribution is -2.21. The molecule has 1 aliphatic carbocycles. The molecule has 30 heavy (non-hydrogen) atoms. The van der Waals surface area contributed by atoms with Crippen LogP contribution in [0.25, 0.3) is 22.0 Å². The van der Waals surface area contributed by atoms with E-state index in [2.05, 4.69) is 25.0 Å². The van der Waals surface area contributed by atoms with Gasteiger partial charge in [-0.25, -0.2) is 9.78 Å². The summed E-state index contributed by atoms with van der Waals surface area (Å²) in [6, 6.07) is 6.20. The number of anilines is 1. The van der Waals surface area contributed by atoms with Gasteiger partial charge in [0.15, 0.2) is 0 Å². The fourth-order valence-electron chi connectivity index (χ4n) is 4.02. The summed E-state index contributed by atoms with van der Waals surface area (Å²) in [6.07, 6.45) is 5.64. The minimum atomic E-state index is -0.558. The number of hydrogen-bond donors (Lipinski definition) is 0. The summed E-state index contributed by atoms with van der Waals surface area (Å²) in [5.74, 6) is 0.341. The Hall–Kier alpha value is -2.72. The second-order valence-electron chi connectivity index (χ2n) is 7.84. The molecular weight excluding hydrogens is 397 g/mol. The number of nitrogens with zero attached hydrogens (tertiary/aromatic N) is 3. The van der Waals surface area contributed by atoms with Crippen LogP contribution in [0.1, 0.15) is 47.3 Å². The number of aryl methyl sites for hydroxylation is 2. The van der Waals surface area contributed by atoms with Crippen LogP contribution in [0, 0.1) is 13.8 Å². The van der Waals surface area contributed by atoms with Crippen LogP contribution in [0.5, 0.6) is 0 Å². The van der Waals surface area contributed by atoms with Crippen LogP contribution in [0.2, 0.25) is 0 Å². The van der Waals surface area contributed by atoms with Gasteiger partial charge in [0.2, 0.25) is 5.43 Å². The van der Waals surface area contributed by atoms with Crippen LogP contribution >= 0.6 is 9.39 Å². The van der Waals surface area contributed by atoms with Crippen molar-refractivity contribution in [2.45, 2.75) is 39.7 Å². The molecule has 1 saturated carbocycles. The highest BCUT2D eigenvalue weighted by atomic mass is 31.0. The predicted molar refractivity (Wildman–Crippen MR) is 123 cm³/mol. The third-order valence-electron chi connectivity index (χ3n) is 5.58. The fraction of sp³-hybridized carbons (Fsp3) is 0.348. The predicted octanol–water partition coefficient (Wildman–Crippen LogP) is 4.42. The van der Waals surface area contributed by atoms with Crippen molar-refractivity contribution in [1.29, 1.82) is 0 Å². The monoisotopic (exact) mass is 423 g/mol. The second kappa shape index (κ2) is 7.84. The summed E-state index contributed by atoms with van der Waals surface area (Å²) in [7, 11) is 4.56. The number of fused-ring (bicyclic) bond motifs is 1. The first-order chi connectivity index (χ1) is 14.3. The molecule has 2 aromatic heterocycles. The maximum Gasteiger partial charge on any atom is 0.343 e. The Kier molecular flexibility index (Phi) is 5.37. The Morgan fingerprint density at radius 1 is 1.33 bits per heavy atom. The van der Waals surface area contributed by atoms with Crippen molar-refractivity contribution in [3.8, 4) is 11.1 Å². The van der Waals surface area contributed by atoms with E-state index in [0.29, 0.717) is 11.4 Å². The van der Waals surface area contributed by atoms with Crippen LogP contribution in [-0.4, -0.2) is 29.2 Å². The molecule has 1 aliphatic rings. The fourth-order valence-corrected chi connectivity index (χ4v) is 4.29. The van der Waals surface area contributed by atoms with Gasteiger partial charge in [0.1, 0.15) is 11.4 Å². The molecule has 1 atom stereocenters. The molecule has 4 rings (SSSR count). The molecule has 156 valence electrons. The molecule has 3 aromatic rings. The van der Waals surface area contributed by atoms with Gasteiger partial charge in [-0.05, 0) is 71.8 Å². The van der Waals surface area contributed by atoms with Gasteiger partial charge >= 0.3 is 5.97 Å². The Morgan fingerprint density at radius 2 is 2.07 bits per heavy atom. The highest BCUT2D eigenvalue weighted by Crippen LogP contribution is 2.39. The van der Waals surface area contributed by atoms with E-state index in [9.17, 15) is 9.59 Å². The van der Waals surface area contributed by atoms with E-state index in [-0.39, 0.29) is 17.6 Å². The van der Waals surface area contributed by atoms with Crippen molar-refractivity contribution in [3.05, 3.63) is 57.5 Å². The SMILES string of the molecule is CCOC(=O)c1cn(C2CC2)c2c(C)c(-c3cnc(N(C)P)c(C)c3)ccc2c1=O. The first-order valence-electron chi connectivity index (χ1n) is 10.1. The van der Waals surface area contributed by atoms with Crippen molar-refractivity contribution >= 4 is 32.1 Å². The van der Waals surface area contributed by atoms with E-state index < -0.39 is 5.97 Å². The third-order valence-corrected chi connectivity index (χ3v) is 5.82. The minimum Gasteiger partial charge on any atom is -0.462 e. The van der Waals surface area contributed by atoms with Gasteiger partial charge in [0, 0.05) is 36.4 Å². The number of benzene rings is 1. The molecule has 1 aromatic carbocycles. The maximum absolute atomic E-state index is 13.1. The quantitative estimate of drug-likeness (QED) is 0.449. The van der Waals surface area contributed by atoms with Crippen molar-refractivity contribution in [3.63, 3.8) is 0 Å². The minimum absolute atomic E-state index is 0.105. The highest BCUT2D eigenvalue weighted by Gasteiger charge is 2.28. The molecule has 0 amide bonds. The average Bonchev–Trinajstić information content (AvgIpc) is 3.53. The molecule has 0 aliphatic heterocycles. The molecule has 2 heterocycles. The van der Waals surface area contributed by atoms with Crippen LogP contribution < -0.4 is 10.1 Å². The lowest BCUT2D eigenvalue weighted by molar-refractivity contribution is 0.0524. The molecular formula is C23H26N3O3P. The molecule has 0 spiro atoms. The summed E-state index contributed by atoms with van der Waals surface area (Å²) < 4.78 is 9.11. The van der Waals surface area contributed by atoms with Crippen molar-refractivity contribution in [2.24, 2.45) is 0 Å². The van der Waals surface area contributed by atoms with E-state index in [1.807, 2.05) is 43.9 Å². The van der Waals surface area contributed by atoms with E-state index in [1.54, 1.807) is 13.1 Å². The van der Waals surface area contributed by atoms with Crippen molar-refractivity contribution < 1.29 is 9.53 Å². The van der Waals surface area contributed by atoms with Gasteiger partial charge in [-0.1, -0.05) is 6.07 Å². The van der Waals surface area contributed by atoms with Crippen LogP contribution in [-0.2, 0) is 4.74 Å². The summed E-state index contributed by atoms with van der Waals surface area (Å²) in [5.41, 5.74) is 4.85. The smallest absolute Gasteiger partial charge is 0.343 e. The van der Waals surface area contributed by atoms with Gasteiger partial charge in [-0.3, -0.25) is 4.79 Å². The second-order valence-corrected chi connectivity index (χ2v) is 8.62. The molecule has 0 radical (unpaired) electrons. The number of carbonyl (C=O) groups excluding carboxylic acids is 1. The van der Waals surface area contributed by atoms with Crippen molar-refractivity contribution in [2.75, 3.05) is 18.3 Å². The van der Waals surface area contributed by atoms with Gasteiger partial charge in [-0.15, -0.1) is 0 Å². The molecule has 0 N–H and O–H groups in total. The largest absolute Gasteiger partial charge is 0.462 e. The Balaban J connectivity index is 1.94. The Morgan fingerprint density at radius 3 is 2.67 bits per heavy atom. The average molecular weight is 423 g/mol. The number of esters is 1. The topological polar surface area (TPSA) is 64.4 Å². The molecule has 1 fully saturated rings. The summed E-state index contributed by atoms with van der Waals surface area (Å²) in [6.45, 7) is 6.05. The van der Waals surface area contributed by atoms with E-state index in [0.717, 1.165) is 46.4 Å². The van der Waals surface area contributed by atoms with Gasteiger partial charge in [-0.2, -0.15) is 0 Å². The number of rotatable bonds is 5. The van der Waals surface area contributed by atoms with Crippen LogP contribution in [0.4, 0.5) is 5.82 Å². The molecule has 1 unspecified atom stereocenters. The molecule has 6 nitrogen and oxygen atoms in total. The Labute approximate surface area is 178 Å². The van der Waals surface area contributed by atoms with Crippen molar-refractivity contribution in [1.82, 2.24) is 9.55 Å². The molecule has 7 heteroatoms. The number of ether oxygens (including phenoxy) is 1. The number of pyridine rings is 2. The third kappa shape index (κ3) is 3.50. The van der Waals surface area contributed by atoms with Gasteiger partial charge in [0.05, 0.1) is 12.1 Å². The zero-order chi connectivity index (χ0) is 21.6. The first-order valence-corrected chi connectivity index (χ1v) is 10.7. The zero-order valence-electron chi connectivity index (χ0n) is 17.7. The molecule has 0 saturated heterocycles. The highest BCUT2D eigenvalue weighted by molar-refractivity contribution is 7.19. The van der Waals surface area contributed by atoms with Gasteiger partial charge < -0.3 is 14.0 Å². The number of aromatic nitrogens is 2. The first kappa shape index (κ1) is 20.5. The van der Waals surface area contributed by atoms with Crippen LogP contribution in [0.15, 0.2) is 35.4 Å². The zero-order valence-corrected chi connectivity index (χ0v) is 18.9. The normalized spacial score (nSPS) is 13.5. The number of carbonyl (C=O) groups is 1. The van der Waals surface area contributed by atoms with Gasteiger partial charge in [0.25, 0.3) is 0 Å². The lowest BCUT2D eigenvalue weighted by Gasteiger charge is -2.18. The van der Waals surface area contributed by atoms with E-state index in [4.69, 9.17) is 4.74 Å².